The second-order valence-corrected chi connectivity index (χ2v) is 6.47. The van der Waals surface area contributed by atoms with Crippen LogP contribution in [0.25, 0.3) is 5.78 Å². The molecule has 2 aromatic rings. The first kappa shape index (κ1) is 19.3. The van der Waals surface area contributed by atoms with Gasteiger partial charge in [0.15, 0.2) is 0 Å². The van der Waals surface area contributed by atoms with Gasteiger partial charge in [-0.1, -0.05) is 0 Å². The van der Waals surface area contributed by atoms with Crippen molar-refractivity contribution in [3.8, 4) is 0 Å². The second-order valence-electron chi connectivity index (χ2n) is 6.47. The molecule has 1 aliphatic heterocycles. The molecular formula is C16H22F3N7O. The summed E-state index contributed by atoms with van der Waals surface area (Å²) in [7, 11) is 0. The van der Waals surface area contributed by atoms with Crippen LogP contribution in [0.15, 0.2) is 6.07 Å². The third kappa shape index (κ3) is 4.46. The molecule has 0 unspecified atom stereocenters. The maximum Gasteiger partial charge on any atom is 0.453 e. The van der Waals surface area contributed by atoms with Crippen molar-refractivity contribution in [2.45, 2.75) is 26.4 Å². The summed E-state index contributed by atoms with van der Waals surface area (Å²) < 4.78 is 40.1. The molecule has 27 heavy (non-hydrogen) atoms. The maximum absolute atomic E-state index is 13.0. The van der Waals surface area contributed by atoms with Gasteiger partial charge in [-0.05, 0) is 20.3 Å². The van der Waals surface area contributed by atoms with Crippen LogP contribution in [-0.2, 0) is 11.0 Å². The van der Waals surface area contributed by atoms with Crippen LogP contribution >= 0.6 is 0 Å². The third-order valence-electron chi connectivity index (χ3n) is 4.33. The molecular weight excluding hydrogens is 363 g/mol. The monoisotopic (exact) mass is 385 g/mol. The molecule has 8 nitrogen and oxygen atoms in total. The molecule has 1 aliphatic rings. The molecule has 0 saturated carbocycles. The summed E-state index contributed by atoms with van der Waals surface area (Å²) in [5.74, 6) is -0.769. The van der Waals surface area contributed by atoms with Crippen LogP contribution < -0.4 is 10.2 Å². The number of aryl methyl sites for hydroxylation is 1. The van der Waals surface area contributed by atoms with Crippen LogP contribution in [-0.4, -0.2) is 69.7 Å². The lowest BCUT2D eigenvalue weighted by Crippen LogP contribution is -2.39. The fourth-order valence-electron chi connectivity index (χ4n) is 3.13. The lowest BCUT2D eigenvalue weighted by atomic mass is 10.3. The van der Waals surface area contributed by atoms with Crippen molar-refractivity contribution in [2.24, 2.45) is 0 Å². The van der Waals surface area contributed by atoms with E-state index in [1.54, 1.807) is 13.0 Å². The van der Waals surface area contributed by atoms with E-state index in [1.807, 2.05) is 16.7 Å². The van der Waals surface area contributed by atoms with Gasteiger partial charge in [-0.15, -0.1) is 5.10 Å². The van der Waals surface area contributed by atoms with E-state index in [9.17, 15) is 18.0 Å². The highest BCUT2D eigenvalue weighted by Gasteiger charge is 2.37. The zero-order valence-electron chi connectivity index (χ0n) is 15.3. The number of likely N-dealkylation sites (N-methyl/N-ethyl adjacent to an activating group) is 1. The SMILES string of the molecule is CCNC(=O)CN1CCCN(c2cc(C)nc3nc(C(F)(F)F)nn23)CC1. The molecule has 0 atom stereocenters. The van der Waals surface area contributed by atoms with Crippen LogP contribution in [0.5, 0.6) is 0 Å². The van der Waals surface area contributed by atoms with E-state index in [0.29, 0.717) is 44.2 Å². The second kappa shape index (κ2) is 7.67. The number of nitrogens with one attached hydrogen (secondary N) is 1. The van der Waals surface area contributed by atoms with Crippen molar-refractivity contribution in [3.05, 3.63) is 17.6 Å². The zero-order valence-corrected chi connectivity index (χ0v) is 15.3. The number of amides is 1. The molecule has 11 heteroatoms. The summed E-state index contributed by atoms with van der Waals surface area (Å²) in [6.45, 7) is 7.06. The van der Waals surface area contributed by atoms with E-state index >= 15 is 0 Å². The van der Waals surface area contributed by atoms with Gasteiger partial charge in [-0.3, -0.25) is 9.69 Å². The van der Waals surface area contributed by atoms with Crippen molar-refractivity contribution in [1.82, 2.24) is 29.8 Å². The number of halogens is 3. The Morgan fingerprint density at radius 3 is 2.70 bits per heavy atom. The summed E-state index contributed by atoms with van der Waals surface area (Å²) in [4.78, 5) is 23.4. The topological polar surface area (TPSA) is 78.7 Å². The number of alkyl halides is 3. The Kier molecular flexibility index (Phi) is 5.49. The van der Waals surface area contributed by atoms with Gasteiger partial charge in [0.25, 0.3) is 11.6 Å². The predicted octanol–water partition coefficient (Wildman–Crippen LogP) is 1.10. The van der Waals surface area contributed by atoms with E-state index in [2.05, 4.69) is 20.4 Å². The third-order valence-corrected chi connectivity index (χ3v) is 4.33. The fraction of sp³-hybridized carbons (Fsp3) is 0.625. The molecule has 1 N–H and O–H groups in total. The van der Waals surface area contributed by atoms with Crippen molar-refractivity contribution >= 4 is 17.5 Å². The van der Waals surface area contributed by atoms with E-state index in [4.69, 9.17) is 0 Å². The van der Waals surface area contributed by atoms with Gasteiger partial charge in [-0.25, -0.2) is 4.98 Å². The molecule has 0 bridgehead atoms. The number of rotatable bonds is 4. The minimum absolute atomic E-state index is 0.0285. The van der Waals surface area contributed by atoms with Crippen molar-refractivity contribution in [2.75, 3.05) is 44.2 Å². The molecule has 0 aliphatic carbocycles. The number of fused-ring (bicyclic) bond motifs is 1. The van der Waals surface area contributed by atoms with Gasteiger partial charge < -0.3 is 10.2 Å². The summed E-state index contributed by atoms with van der Waals surface area (Å²) in [6, 6.07) is 1.71. The molecule has 0 spiro atoms. The van der Waals surface area contributed by atoms with Crippen LogP contribution in [0.4, 0.5) is 19.0 Å². The molecule has 0 aromatic carbocycles. The molecule has 2 aromatic heterocycles. The summed E-state index contributed by atoms with van der Waals surface area (Å²) in [5.41, 5.74) is 0.571. The molecule has 3 rings (SSSR count). The lowest BCUT2D eigenvalue weighted by molar-refractivity contribution is -0.144. The highest BCUT2D eigenvalue weighted by atomic mass is 19.4. The molecule has 1 saturated heterocycles. The molecule has 148 valence electrons. The number of anilines is 1. The van der Waals surface area contributed by atoms with E-state index in [1.165, 1.54) is 0 Å². The van der Waals surface area contributed by atoms with Gasteiger partial charge >= 0.3 is 6.18 Å². The molecule has 1 amide bonds. The number of hydrogen-bond donors (Lipinski definition) is 1. The average Bonchev–Trinajstić information content (AvgIpc) is 2.88. The smallest absolute Gasteiger partial charge is 0.355 e. The quantitative estimate of drug-likeness (QED) is 0.849. The number of carbonyl (C=O) groups is 1. The fourth-order valence-corrected chi connectivity index (χ4v) is 3.13. The molecule has 1 fully saturated rings. The Labute approximate surface area is 154 Å². The number of carbonyl (C=O) groups excluding carboxylic acids is 1. The summed E-state index contributed by atoms with van der Waals surface area (Å²) >= 11 is 0. The first-order valence-electron chi connectivity index (χ1n) is 8.83. The number of hydrogen-bond acceptors (Lipinski definition) is 6. The van der Waals surface area contributed by atoms with Crippen LogP contribution in [0.3, 0.4) is 0 Å². The van der Waals surface area contributed by atoms with Crippen LogP contribution in [0.1, 0.15) is 24.9 Å². The Balaban J connectivity index is 1.82. The van der Waals surface area contributed by atoms with E-state index in [-0.39, 0.29) is 11.7 Å². The first-order valence-corrected chi connectivity index (χ1v) is 8.83. The minimum atomic E-state index is -4.62. The summed E-state index contributed by atoms with van der Waals surface area (Å²) in [6.07, 6.45) is -3.84. The maximum atomic E-state index is 13.0. The Bertz CT molecular complexity index is 820. The molecule has 0 radical (unpaired) electrons. The zero-order chi connectivity index (χ0) is 19.6. The Morgan fingerprint density at radius 2 is 2.00 bits per heavy atom. The minimum Gasteiger partial charge on any atom is -0.355 e. The largest absolute Gasteiger partial charge is 0.453 e. The van der Waals surface area contributed by atoms with Gasteiger partial charge in [-0.2, -0.15) is 22.7 Å². The first-order chi connectivity index (χ1) is 12.8. The van der Waals surface area contributed by atoms with Crippen molar-refractivity contribution in [3.63, 3.8) is 0 Å². The number of nitrogens with zero attached hydrogens (tertiary/aromatic N) is 6. The standard InChI is InChI=1S/C16H22F3N7O/c1-3-20-12(27)10-24-5-4-6-25(8-7-24)13-9-11(2)21-15-22-14(16(17,18)19)23-26(13)15/h9H,3-8,10H2,1-2H3,(H,20,27). The highest BCUT2D eigenvalue weighted by molar-refractivity contribution is 5.77. The average molecular weight is 385 g/mol. The van der Waals surface area contributed by atoms with E-state index in [0.717, 1.165) is 17.5 Å². The van der Waals surface area contributed by atoms with Gasteiger partial charge in [0.1, 0.15) is 5.82 Å². The van der Waals surface area contributed by atoms with E-state index < -0.39 is 12.0 Å². The lowest BCUT2D eigenvalue weighted by Gasteiger charge is -2.23. The Morgan fingerprint density at radius 1 is 1.22 bits per heavy atom. The van der Waals surface area contributed by atoms with Gasteiger partial charge in [0.05, 0.1) is 6.54 Å². The highest BCUT2D eigenvalue weighted by Crippen LogP contribution is 2.28. The number of aromatic nitrogens is 4. The van der Waals surface area contributed by atoms with Crippen molar-refractivity contribution in [1.29, 1.82) is 0 Å². The van der Waals surface area contributed by atoms with Gasteiger partial charge in [0.2, 0.25) is 5.91 Å². The van der Waals surface area contributed by atoms with Gasteiger partial charge in [0, 0.05) is 44.5 Å². The van der Waals surface area contributed by atoms with Crippen LogP contribution in [0.2, 0.25) is 0 Å². The molecule has 3 heterocycles. The predicted molar refractivity (Wildman–Crippen MR) is 92.5 cm³/mol. The Hall–Kier alpha value is -2.43. The summed E-state index contributed by atoms with van der Waals surface area (Å²) in [5, 5.41) is 6.39. The normalized spacial score (nSPS) is 16.6. The van der Waals surface area contributed by atoms with Crippen LogP contribution in [0, 0.1) is 6.92 Å². The van der Waals surface area contributed by atoms with Crippen molar-refractivity contribution < 1.29 is 18.0 Å².